The third kappa shape index (κ3) is 1.77. The molecule has 1 unspecified atom stereocenters. The lowest BCUT2D eigenvalue weighted by atomic mass is 9.49. The average molecular weight is 298 g/mol. The van der Waals surface area contributed by atoms with Crippen LogP contribution in [0.2, 0.25) is 0 Å². The first kappa shape index (κ1) is 14.8. The summed E-state index contributed by atoms with van der Waals surface area (Å²) in [5.74, 6) is 6.05. The van der Waals surface area contributed by atoms with Crippen molar-refractivity contribution in [2.45, 2.75) is 76.7 Å². The summed E-state index contributed by atoms with van der Waals surface area (Å²) in [6.45, 7) is 2.26. The lowest BCUT2D eigenvalue weighted by molar-refractivity contribution is -0.0993. The zero-order valence-electron chi connectivity index (χ0n) is 14.0. The molecule has 3 saturated carbocycles. The highest BCUT2D eigenvalue weighted by molar-refractivity contribution is 5.26. The van der Waals surface area contributed by atoms with E-state index in [1.807, 2.05) is 0 Å². The van der Waals surface area contributed by atoms with E-state index in [4.69, 9.17) is 6.42 Å². The predicted octanol–water partition coefficient (Wildman–Crippen LogP) is 4.70. The standard InChI is InChI=1S/C21H30O/c1-3-20-13-11-17-16-8-6-5-7-15(16)9-10-18(17)19(20)12-14-21(20,22)4-2/h2,7,16-19,22H,3,5-6,8-14H2,1H3/t16-,17+,18+,19-,20?,21-/m0/s1. The molecule has 0 saturated heterocycles. The lowest BCUT2D eigenvalue weighted by Crippen LogP contribution is -2.53. The Morgan fingerprint density at radius 3 is 2.86 bits per heavy atom. The van der Waals surface area contributed by atoms with E-state index in [-0.39, 0.29) is 5.41 Å². The number of fused-ring (bicyclic) bond motifs is 5. The van der Waals surface area contributed by atoms with Crippen molar-refractivity contribution in [3.63, 3.8) is 0 Å². The Bertz CT molecular complexity index is 527. The fourth-order valence-corrected chi connectivity index (χ4v) is 7.08. The van der Waals surface area contributed by atoms with Gasteiger partial charge in [0.05, 0.1) is 0 Å². The van der Waals surface area contributed by atoms with Crippen LogP contribution in [0.1, 0.15) is 71.1 Å². The van der Waals surface area contributed by atoms with Gasteiger partial charge in [0.2, 0.25) is 0 Å². The summed E-state index contributed by atoms with van der Waals surface area (Å²) in [5, 5.41) is 11.1. The number of hydrogen-bond acceptors (Lipinski definition) is 1. The molecule has 0 radical (unpaired) electrons. The van der Waals surface area contributed by atoms with Crippen molar-refractivity contribution in [2.24, 2.45) is 29.1 Å². The molecule has 4 aliphatic rings. The van der Waals surface area contributed by atoms with Gasteiger partial charge in [-0.1, -0.05) is 24.5 Å². The molecular weight excluding hydrogens is 268 g/mol. The summed E-state index contributed by atoms with van der Waals surface area (Å²) in [6, 6.07) is 0. The van der Waals surface area contributed by atoms with Crippen LogP contribution in [0.5, 0.6) is 0 Å². The Labute approximate surface area is 135 Å². The Kier molecular flexibility index (Phi) is 3.46. The molecule has 4 rings (SSSR count). The normalized spacial score (nSPS) is 50.3. The second-order valence-electron chi connectivity index (χ2n) is 8.38. The van der Waals surface area contributed by atoms with Gasteiger partial charge >= 0.3 is 0 Å². The van der Waals surface area contributed by atoms with Gasteiger partial charge in [-0.05, 0) is 87.9 Å². The Hall–Kier alpha value is -0.740. The fraction of sp³-hybridized carbons (Fsp3) is 0.810. The van der Waals surface area contributed by atoms with Crippen molar-refractivity contribution in [3.05, 3.63) is 11.6 Å². The highest BCUT2D eigenvalue weighted by Crippen LogP contribution is 2.66. The average Bonchev–Trinajstić information content (AvgIpc) is 2.89. The topological polar surface area (TPSA) is 20.2 Å². The lowest BCUT2D eigenvalue weighted by Gasteiger charge is -2.56. The van der Waals surface area contributed by atoms with Crippen molar-refractivity contribution in [3.8, 4) is 12.3 Å². The molecule has 6 atom stereocenters. The van der Waals surface area contributed by atoms with E-state index in [9.17, 15) is 5.11 Å². The summed E-state index contributed by atoms with van der Waals surface area (Å²) in [5.41, 5.74) is 0.959. The van der Waals surface area contributed by atoms with Crippen molar-refractivity contribution in [1.29, 1.82) is 0 Å². The largest absolute Gasteiger partial charge is 0.377 e. The first-order valence-corrected chi connectivity index (χ1v) is 9.54. The Balaban J connectivity index is 1.68. The molecule has 1 N–H and O–H groups in total. The molecule has 3 fully saturated rings. The van der Waals surface area contributed by atoms with Crippen LogP contribution in [-0.2, 0) is 0 Å². The molecule has 0 aromatic heterocycles. The molecule has 0 bridgehead atoms. The molecule has 1 heteroatoms. The summed E-state index contributed by atoms with van der Waals surface area (Å²) in [7, 11) is 0. The van der Waals surface area contributed by atoms with Crippen LogP contribution in [0, 0.1) is 41.4 Å². The van der Waals surface area contributed by atoms with Gasteiger partial charge in [-0.2, -0.15) is 0 Å². The molecule has 0 heterocycles. The van der Waals surface area contributed by atoms with Crippen LogP contribution in [0.25, 0.3) is 0 Å². The number of allylic oxidation sites excluding steroid dienone is 2. The van der Waals surface area contributed by atoms with Gasteiger partial charge in [0.25, 0.3) is 0 Å². The minimum Gasteiger partial charge on any atom is -0.377 e. The minimum absolute atomic E-state index is 0.0127. The first-order valence-electron chi connectivity index (χ1n) is 9.54. The smallest absolute Gasteiger partial charge is 0.131 e. The van der Waals surface area contributed by atoms with Crippen molar-refractivity contribution in [2.75, 3.05) is 0 Å². The Morgan fingerprint density at radius 1 is 1.23 bits per heavy atom. The number of hydrogen-bond donors (Lipinski definition) is 1. The molecule has 22 heavy (non-hydrogen) atoms. The number of rotatable bonds is 1. The third-order valence-electron chi connectivity index (χ3n) is 8.10. The van der Waals surface area contributed by atoms with Gasteiger partial charge < -0.3 is 5.11 Å². The number of aliphatic hydroxyl groups is 1. The molecule has 1 nitrogen and oxygen atoms in total. The molecule has 4 aliphatic carbocycles. The second-order valence-corrected chi connectivity index (χ2v) is 8.38. The summed E-state index contributed by atoms with van der Waals surface area (Å²) < 4.78 is 0. The van der Waals surface area contributed by atoms with E-state index in [1.54, 1.807) is 5.57 Å². The maximum absolute atomic E-state index is 11.1. The highest BCUT2D eigenvalue weighted by atomic mass is 16.3. The summed E-state index contributed by atoms with van der Waals surface area (Å²) >= 11 is 0. The van der Waals surface area contributed by atoms with Crippen LogP contribution in [0.15, 0.2) is 11.6 Å². The van der Waals surface area contributed by atoms with Crippen LogP contribution >= 0.6 is 0 Å². The van der Waals surface area contributed by atoms with E-state index >= 15 is 0 Å². The van der Waals surface area contributed by atoms with Gasteiger partial charge in [0.1, 0.15) is 5.60 Å². The van der Waals surface area contributed by atoms with Crippen molar-refractivity contribution >= 4 is 0 Å². The molecule has 0 amide bonds. The SMILES string of the molecule is C#C[C@]1(O)CC[C@H]2[C@@H]3CCC4=CCCC[C@@H]4[C@H]3CCC21CC. The second kappa shape index (κ2) is 5.13. The summed E-state index contributed by atoms with van der Waals surface area (Å²) in [4.78, 5) is 0. The van der Waals surface area contributed by atoms with Crippen LogP contribution in [-0.4, -0.2) is 10.7 Å². The number of terminal acetylenes is 1. The monoisotopic (exact) mass is 298 g/mol. The van der Waals surface area contributed by atoms with Crippen molar-refractivity contribution < 1.29 is 5.11 Å². The van der Waals surface area contributed by atoms with Crippen LogP contribution < -0.4 is 0 Å². The molecule has 0 aromatic rings. The fourth-order valence-electron chi connectivity index (χ4n) is 7.08. The van der Waals surface area contributed by atoms with E-state index in [1.165, 1.54) is 38.5 Å². The highest BCUT2D eigenvalue weighted by Gasteiger charge is 2.63. The van der Waals surface area contributed by atoms with Crippen LogP contribution in [0.3, 0.4) is 0 Å². The van der Waals surface area contributed by atoms with Gasteiger partial charge in [0, 0.05) is 5.41 Å². The molecule has 120 valence electrons. The van der Waals surface area contributed by atoms with E-state index < -0.39 is 5.60 Å². The quantitative estimate of drug-likeness (QED) is 0.549. The minimum atomic E-state index is -0.833. The van der Waals surface area contributed by atoms with Gasteiger partial charge in [-0.25, -0.2) is 0 Å². The van der Waals surface area contributed by atoms with Gasteiger partial charge in [-0.3, -0.25) is 0 Å². The molecule has 0 spiro atoms. The Morgan fingerprint density at radius 2 is 2.09 bits per heavy atom. The van der Waals surface area contributed by atoms with Crippen LogP contribution in [0.4, 0.5) is 0 Å². The third-order valence-corrected chi connectivity index (χ3v) is 8.10. The first-order chi connectivity index (χ1) is 10.6. The maximum Gasteiger partial charge on any atom is 0.131 e. The van der Waals surface area contributed by atoms with Gasteiger partial charge in [0.15, 0.2) is 0 Å². The van der Waals surface area contributed by atoms with E-state index in [2.05, 4.69) is 18.9 Å². The zero-order chi connectivity index (χ0) is 15.4. The molecular formula is C21H30O. The predicted molar refractivity (Wildman–Crippen MR) is 90.1 cm³/mol. The molecule has 0 aliphatic heterocycles. The van der Waals surface area contributed by atoms with E-state index in [0.29, 0.717) is 5.92 Å². The zero-order valence-corrected chi connectivity index (χ0v) is 14.0. The summed E-state index contributed by atoms with van der Waals surface area (Å²) in [6.07, 6.45) is 20.6. The van der Waals surface area contributed by atoms with E-state index in [0.717, 1.165) is 43.4 Å². The molecule has 0 aromatic carbocycles. The van der Waals surface area contributed by atoms with Gasteiger partial charge in [-0.15, -0.1) is 6.42 Å². The van der Waals surface area contributed by atoms with Crippen molar-refractivity contribution in [1.82, 2.24) is 0 Å². The maximum atomic E-state index is 11.1.